The van der Waals surface area contributed by atoms with Crippen molar-refractivity contribution in [3.8, 4) is 6.07 Å². The van der Waals surface area contributed by atoms with E-state index in [0.29, 0.717) is 16.8 Å². The van der Waals surface area contributed by atoms with Gasteiger partial charge in [0.25, 0.3) is 5.91 Å². The van der Waals surface area contributed by atoms with Crippen molar-refractivity contribution in [1.29, 1.82) is 5.26 Å². The molecule has 0 fully saturated rings. The van der Waals surface area contributed by atoms with Gasteiger partial charge in [-0.2, -0.15) is 5.26 Å². The van der Waals surface area contributed by atoms with Crippen LogP contribution >= 0.6 is 0 Å². The zero-order valence-corrected chi connectivity index (χ0v) is 14.1. The molecule has 1 amide bonds. The molecule has 0 spiro atoms. The molecule has 2 rings (SSSR count). The number of carbonyl (C=O) groups is 1. The van der Waals surface area contributed by atoms with Crippen LogP contribution in [-0.2, 0) is 10.0 Å². The molecular formula is C17H17N3O3S. The summed E-state index contributed by atoms with van der Waals surface area (Å²) in [6.07, 6.45) is 1.08. The van der Waals surface area contributed by atoms with Crippen molar-refractivity contribution < 1.29 is 13.2 Å². The molecule has 124 valence electrons. The van der Waals surface area contributed by atoms with Gasteiger partial charge in [-0.25, -0.2) is 8.42 Å². The lowest BCUT2D eigenvalue weighted by Gasteiger charge is -2.16. The number of nitriles is 1. The highest BCUT2D eigenvalue weighted by Crippen LogP contribution is 2.18. The summed E-state index contributed by atoms with van der Waals surface area (Å²) in [6, 6.07) is 14.9. The van der Waals surface area contributed by atoms with E-state index in [0.717, 1.165) is 11.8 Å². The van der Waals surface area contributed by atoms with Gasteiger partial charge in [0.2, 0.25) is 10.0 Å². The Labute approximate surface area is 141 Å². The maximum absolute atomic E-state index is 12.3. The summed E-state index contributed by atoms with van der Waals surface area (Å²) in [7, 11) is -3.36. The lowest BCUT2D eigenvalue weighted by Crippen LogP contribution is -2.26. The number of nitrogens with one attached hydrogen (secondary N) is 2. The first-order chi connectivity index (χ1) is 11.3. The molecule has 0 aliphatic heterocycles. The van der Waals surface area contributed by atoms with Crippen molar-refractivity contribution in [3.05, 3.63) is 65.2 Å². The van der Waals surface area contributed by atoms with Crippen LogP contribution in [0.1, 0.15) is 34.5 Å². The molecule has 0 saturated heterocycles. The Balaban J connectivity index is 2.14. The summed E-state index contributed by atoms with van der Waals surface area (Å²) < 4.78 is 25.0. The van der Waals surface area contributed by atoms with Gasteiger partial charge in [-0.3, -0.25) is 9.52 Å². The fraction of sp³-hybridized carbons (Fsp3) is 0.176. The highest BCUT2D eigenvalue weighted by atomic mass is 32.2. The highest BCUT2D eigenvalue weighted by Gasteiger charge is 2.13. The van der Waals surface area contributed by atoms with Crippen LogP contribution in [0.2, 0.25) is 0 Å². The molecule has 0 unspecified atom stereocenters. The Kier molecular flexibility index (Phi) is 5.21. The number of rotatable bonds is 5. The number of sulfonamides is 1. The van der Waals surface area contributed by atoms with E-state index < -0.39 is 10.0 Å². The molecule has 24 heavy (non-hydrogen) atoms. The average Bonchev–Trinajstić information content (AvgIpc) is 2.53. The minimum absolute atomic E-state index is 0.305. The molecule has 7 heteroatoms. The van der Waals surface area contributed by atoms with Crippen LogP contribution in [0.4, 0.5) is 5.69 Å². The molecule has 0 aliphatic rings. The number of nitrogens with zero attached hydrogens (tertiary/aromatic N) is 1. The maximum Gasteiger partial charge on any atom is 0.251 e. The molecule has 1 atom stereocenters. The van der Waals surface area contributed by atoms with Gasteiger partial charge < -0.3 is 5.32 Å². The fourth-order valence-electron chi connectivity index (χ4n) is 2.18. The van der Waals surface area contributed by atoms with Crippen molar-refractivity contribution in [2.75, 3.05) is 11.0 Å². The molecule has 2 aromatic carbocycles. The second-order valence-electron chi connectivity index (χ2n) is 5.39. The minimum atomic E-state index is -3.36. The normalized spacial score (nSPS) is 12.0. The number of carbonyl (C=O) groups excluding carboxylic acids is 1. The summed E-state index contributed by atoms with van der Waals surface area (Å²) in [5, 5.41) is 11.7. The summed E-state index contributed by atoms with van der Waals surface area (Å²) in [4.78, 5) is 12.3. The van der Waals surface area contributed by atoms with E-state index in [-0.39, 0.29) is 11.9 Å². The quantitative estimate of drug-likeness (QED) is 0.871. The van der Waals surface area contributed by atoms with E-state index in [1.54, 1.807) is 49.4 Å². The predicted octanol–water partition coefficient (Wildman–Crippen LogP) is 2.42. The first-order valence-electron chi connectivity index (χ1n) is 7.17. The lowest BCUT2D eigenvalue weighted by atomic mass is 10.1. The van der Waals surface area contributed by atoms with Gasteiger partial charge >= 0.3 is 0 Å². The van der Waals surface area contributed by atoms with Crippen LogP contribution < -0.4 is 10.0 Å². The van der Waals surface area contributed by atoms with E-state index in [9.17, 15) is 13.2 Å². The summed E-state index contributed by atoms with van der Waals surface area (Å²) in [5.74, 6) is -0.305. The second kappa shape index (κ2) is 7.15. The van der Waals surface area contributed by atoms with Crippen molar-refractivity contribution in [2.45, 2.75) is 13.0 Å². The molecule has 0 heterocycles. The Morgan fingerprint density at radius 1 is 1.17 bits per heavy atom. The van der Waals surface area contributed by atoms with Gasteiger partial charge in [0.05, 0.1) is 23.9 Å². The number of benzene rings is 2. The van der Waals surface area contributed by atoms with Crippen LogP contribution in [0.15, 0.2) is 48.5 Å². The summed E-state index contributed by atoms with van der Waals surface area (Å²) in [6.45, 7) is 1.80. The van der Waals surface area contributed by atoms with Crippen molar-refractivity contribution in [2.24, 2.45) is 0 Å². The van der Waals surface area contributed by atoms with E-state index in [4.69, 9.17) is 5.26 Å². The largest absolute Gasteiger partial charge is 0.346 e. The Morgan fingerprint density at radius 2 is 1.88 bits per heavy atom. The summed E-state index contributed by atoms with van der Waals surface area (Å²) >= 11 is 0. The molecule has 2 aromatic rings. The maximum atomic E-state index is 12.3. The van der Waals surface area contributed by atoms with Crippen LogP contribution in [0.5, 0.6) is 0 Å². The lowest BCUT2D eigenvalue weighted by molar-refractivity contribution is 0.0940. The van der Waals surface area contributed by atoms with Crippen LogP contribution in [0.25, 0.3) is 0 Å². The first kappa shape index (κ1) is 17.5. The van der Waals surface area contributed by atoms with Crippen molar-refractivity contribution in [1.82, 2.24) is 5.32 Å². The van der Waals surface area contributed by atoms with Gasteiger partial charge in [0.15, 0.2) is 0 Å². The molecule has 0 aliphatic carbocycles. The third kappa shape index (κ3) is 4.83. The molecular weight excluding hydrogens is 326 g/mol. The predicted molar refractivity (Wildman–Crippen MR) is 91.9 cm³/mol. The van der Waals surface area contributed by atoms with E-state index in [1.165, 1.54) is 6.07 Å². The third-order valence-corrected chi connectivity index (χ3v) is 3.90. The van der Waals surface area contributed by atoms with Gasteiger partial charge in [-0.15, -0.1) is 0 Å². The number of amides is 1. The van der Waals surface area contributed by atoms with Crippen molar-refractivity contribution in [3.63, 3.8) is 0 Å². The Hall–Kier alpha value is -2.85. The molecule has 0 radical (unpaired) electrons. The van der Waals surface area contributed by atoms with Gasteiger partial charge in [-0.1, -0.05) is 18.2 Å². The molecule has 0 aromatic heterocycles. The topological polar surface area (TPSA) is 99.1 Å². The fourth-order valence-corrected chi connectivity index (χ4v) is 2.73. The third-order valence-electron chi connectivity index (χ3n) is 3.29. The van der Waals surface area contributed by atoms with Gasteiger partial charge in [0, 0.05) is 11.3 Å². The van der Waals surface area contributed by atoms with Crippen LogP contribution in [0.3, 0.4) is 0 Å². The Morgan fingerprint density at radius 3 is 2.54 bits per heavy atom. The standard InChI is InChI=1S/C17H17N3O3S/c1-12(14-6-4-8-16(10-14)20-24(2,22)23)19-17(21)15-7-3-5-13(9-15)11-18/h3-10,12,20H,1-2H3,(H,19,21)/t12-/m0/s1. The van der Waals surface area contributed by atoms with Gasteiger partial charge in [-0.05, 0) is 42.8 Å². The van der Waals surface area contributed by atoms with E-state index >= 15 is 0 Å². The zero-order chi connectivity index (χ0) is 17.7. The van der Waals surface area contributed by atoms with Crippen LogP contribution in [-0.4, -0.2) is 20.6 Å². The number of hydrogen-bond donors (Lipinski definition) is 2. The molecule has 0 bridgehead atoms. The van der Waals surface area contributed by atoms with E-state index in [2.05, 4.69) is 10.0 Å². The van der Waals surface area contributed by atoms with Crippen molar-refractivity contribution >= 4 is 21.6 Å². The SMILES string of the molecule is C[C@H](NC(=O)c1cccc(C#N)c1)c1cccc(NS(C)(=O)=O)c1. The molecule has 0 saturated carbocycles. The first-order valence-corrected chi connectivity index (χ1v) is 9.06. The average molecular weight is 343 g/mol. The minimum Gasteiger partial charge on any atom is -0.346 e. The molecule has 2 N–H and O–H groups in total. The molecule has 6 nitrogen and oxygen atoms in total. The summed E-state index contributed by atoms with van der Waals surface area (Å²) in [5.41, 5.74) is 2.00. The Bertz CT molecular complexity index is 901. The highest BCUT2D eigenvalue weighted by molar-refractivity contribution is 7.92. The van der Waals surface area contributed by atoms with E-state index in [1.807, 2.05) is 6.07 Å². The monoisotopic (exact) mass is 343 g/mol. The number of hydrogen-bond acceptors (Lipinski definition) is 4. The van der Waals surface area contributed by atoms with Crippen LogP contribution in [0, 0.1) is 11.3 Å². The smallest absolute Gasteiger partial charge is 0.251 e. The second-order valence-corrected chi connectivity index (χ2v) is 7.14. The zero-order valence-electron chi connectivity index (χ0n) is 13.3. The van der Waals surface area contributed by atoms with Gasteiger partial charge in [0.1, 0.15) is 0 Å². The number of anilines is 1.